The van der Waals surface area contributed by atoms with Gasteiger partial charge in [0.05, 0.1) is 0 Å². The molecule has 76 heavy (non-hydrogen) atoms. The monoisotopic (exact) mass is 1160 g/mol. The Bertz CT molecular complexity index is 949. The molecule has 0 aliphatic carbocycles. The average molecular weight is 1170 g/mol. The molecule has 8 nitrogen and oxygen atoms in total. The van der Waals surface area contributed by atoms with Gasteiger partial charge in [-0.15, -0.1) is 18.6 Å². The van der Waals surface area contributed by atoms with Crippen molar-refractivity contribution in [1.29, 1.82) is 0 Å². The second-order valence-corrected chi connectivity index (χ2v) is 23.0. The van der Waals surface area contributed by atoms with Gasteiger partial charge in [0, 0.05) is 25.7 Å². The van der Waals surface area contributed by atoms with Crippen LogP contribution in [-0.4, -0.2) is 101 Å². The molecule has 0 unspecified atom stereocenters. The number of hydrogen-bond donors (Lipinski definition) is 0. The first-order chi connectivity index (χ1) is 34.5. The van der Waals surface area contributed by atoms with Gasteiger partial charge in [-0.1, -0.05) is 259 Å². The SMILES string of the molecule is C=CO[N+](C)(C)CCCCCCCCCCCC.C=CO[N+](C)(C)CCCCCCCCCCCC.C=CO[N+](C)(C)CCCCCCCCCCCC.C=CO[N+](C)(C)CCCCCCCCCCCC.[Cl-].[Cl-].[Cl-].[Cl-]. The molecule has 0 bridgehead atoms. The Morgan fingerprint density at radius 1 is 0.211 bits per heavy atom. The predicted molar refractivity (Wildman–Crippen MR) is 320 cm³/mol. The Balaban J connectivity index is -0.000000133. The largest absolute Gasteiger partial charge is 1.00 e. The molecule has 12 heteroatoms. The van der Waals surface area contributed by atoms with E-state index in [1.165, 1.54) is 282 Å². The van der Waals surface area contributed by atoms with Crippen LogP contribution < -0.4 is 49.6 Å². The van der Waals surface area contributed by atoms with E-state index >= 15 is 0 Å². The molecule has 464 valence electrons. The van der Waals surface area contributed by atoms with Crippen molar-refractivity contribution in [2.45, 2.75) is 285 Å². The standard InChI is InChI=1S/4C16H34NO.4ClH/c4*1-5-7-8-9-10-11-12-13-14-15-16-17(3,4)18-6-2;;;;/h4*6H,2,5,7-16H2,1,3-4H3;4*1H/q4*+1;;;;/p-4. The Kier molecular flexibility index (Phi) is 84.7. The van der Waals surface area contributed by atoms with Crippen LogP contribution in [-0.2, 0) is 19.4 Å². The number of rotatable bonds is 52. The molecule has 0 aromatic rings. The first-order valence-electron chi connectivity index (χ1n) is 31.0. The third-order valence-corrected chi connectivity index (χ3v) is 13.6. The highest BCUT2D eigenvalue weighted by Gasteiger charge is 2.17. The molecular weight excluding hydrogens is 1030 g/mol. The number of halogens is 4. The molecule has 0 aliphatic heterocycles. The minimum Gasteiger partial charge on any atom is -1.00 e. The fourth-order valence-electron chi connectivity index (χ4n) is 8.94. The van der Waals surface area contributed by atoms with Gasteiger partial charge in [0.1, 0.15) is 108 Å². The quantitative estimate of drug-likeness (QED) is 0.0267. The number of hydroxylamine groups is 12. The van der Waals surface area contributed by atoms with Crippen LogP contribution in [0.2, 0.25) is 0 Å². The second kappa shape index (κ2) is 70.3. The van der Waals surface area contributed by atoms with E-state index in [0.29, 0.717) is 18.6 Å². The highest BCUT2D eigenvalue weighted by molar-refractivity contribution is 4.52. The lowest BCUT2D eigenvalue weighted by Gasteiger charge is -2.25. The van der Waals surface area contributed by atoms with Gasteiger partial charge in [0.25, 0.3) is 0 Å². The predicted octanol–water partition coefficient (Wildman–Crippen LogP) is 8.25. The summed E-state index contributed by atoms with van der Waals surface area (Å²) in [6.07, 6.45) is 61.5. The van der Waals surface area contributed by atoms with Crippen molar-refractivity contribution in [2.24, 2.45) is 0 Å². The minimum atomic E-state index is 0. The van der Waals surface area contributed by atoms with E-state index in [1.54, 1.807) is 0 Å². The van der Waals surface area contributed by atoms with Crippen molar-refractivity contribution in [2.75, 3.05) is 82.6 Å². The molecule has 0 aromatic carbocycles. The molecule has 0 aliphatic rings. The van der Waals surface area contributed by atoms with Gasteiger partial charge in [0.15, 0.2) is 0 Å². The number of hydrogen-bond acceptors (Lipinski definition) is 4. The smallest absolute Gasteiger partial charge is 0.147 e. The first-order valence-corrected chi connectivity index (χ1v) is 31.0. The molecule has 0 rings (SSSR count). The molecule has 0 amide bonds. The van der Waals surface area contributed by atoms with Crippen LogP contribution in [0.25, 0.3) is 0 Å². The Hall–Kier alpha value is -0.840. The molecule has 0 fully saturated rings. The molecule has 0 heterocycles. The Morgan fingerprint density at radius 2 is 0.316 bits per heavy atom. The molecule has 0 radical (unpaired) electrons. The van der Waals surface area contributed by atoms with Crippen LogP contribution in [0.4, 0.5) is 0 Å². The molecule has 0 saturated carbocycles. The van der Waals surface area contributed by atoms with E-state index in [0.717, 1.165) is 26.2 Å². The van der Waals surface area contributed by atoms with Gasteiger partial charge < -0.3 is 69.0 Å². The maximum atomic E-state index is 5.41. The van der Waals surface area contributed by atoms with E-state index in [2.05, 4.69) is 110 Å². The van der Waals surface area contributed by atoms with E-state index in [4.69, 9.17) is 19.4 Å². The van der Waals surface area contributed by atoms with Gasteiger partial charge in [-0.25, -0.2) is 0 Å². The Labute approximate surface area is 503 Å². The van der Waals surface area contributed by atoms with E-state index in [1.807, 2.05) is 0 Å². The van der Waals surface area contributed by atoms with E-state index in [9.17, 15) is 0 Å². The number of quaternary nitrogens is 4. The Morgan fingerprint density at radius 3 is 0.421 bits per heavy atom. The third-order valence-electron chi connectivity index (χ3n) is 13.6. The fraction of sp³-hybridized carbons (Fsp3) is 0.875. The van der Waals surface area contributed by atoms with Crippen LogP contribution in [0.1, 0.15) is 285 Å². The first kappa shape index (κ1) is 91.6. The lowest BCUT2D eigenvalue weighted by molar-refractivity contribution is -1.07. The minimum absolute atomic E-state index is 0. The fourth-order valence-corrected chi connectivity index (χ4v) is 8.94. The second-order valence-electron chi connectivity index (χ2n) is 23.0. The lowest BCUT2D eigenvalue weighted by atomic mass is 10.1. The van der Waals surface area contributed by atoms with Crippen molar-refractivity contribution in [1.82, 2.24) is 0 Å². The molecule has 0 spiro atoms. The van der Waals surface area contributed by atoms with Crippen molar-refractivity contribution in [3.05, 3.63) is 51.4 Å². The van der Waals surface area contributed by atoms with Crippen molar-refractivity contribution in [3.8, 4) is 0 Å². The summed E-state index contributed by atoms with van der Waals surface area (Å²) in [6.45, 7) is 27.8. The topological polar surface area (TPSA) is 36.9 Å². The summed E-state index contributed by atoms with van der Waals surface area (Å²) in [4.78, 5) is 21.7. The zero-order valence-electron chi connectivity index (χ0n) is 53.2. The summed E-state index contributed by atoms with van der Waals surface area (Å²) >= 11 is 0. The highest BCUT2D eigenvalue weighted by Crippen LogP contribution is 2.16. The summed E-state index contributed by atoms with van der Waals surface area (Å²) in [6, 6.07) is 0. The zero-order valence-corrected chi connectivity index (χ0v) is 56.2. The van der Waals surface area contributed by atoms with Gasteiger partial charge in [-0.05, 0) is 25.7 Å². The molecule has 0 atom stereocenters. The van der Waals surface area contributed by atoms with Gasteiger partial charge >= 0.3 is 0 Å². The highest BCUT2D eigenvalue weighted by atomic mass is 35.5. The van der Waals surface area contributed by atoms with Crippen LogP contribution in [0.15, 0.2) is 51.4 Å². The van der Waals surface area contributed by atoms with Crippen LogP contribution in [0, 0.1) is 0 Å². The molecule has 0 aromatic heterocycles. The molecule has 0 saturated heterocycles. The zero-order chi connectivity index (χ0) is 54.8. The van der Waals surface area contributed by atoms with Gasteiger partial charge in [-0.3, -0.25) is 0 Å². The molecular formula is C64H136Cl4N4O4. The van der Waals surface area contributed by atoms with Crippen LogP contribution >= 0.6 is 0 Å². The summed E-state index contributed by atoms with van der Waals surface area (Å²) in [5.74, 6) is 0. The van der Waals surface area contributed by atoms with Gasteiger partial charge in [0.2, 0.25) is 0 Å². The lowest BCUT2D eigenvalue weighted by Crippen LogP contribution is -3.00. The summed E-state index contributed by atoms with van der Waals surface area (Å²) < 4.78 is 2.39. The van der Waals surface area contributed by atoms with Crippen molar-refractivity contribution in [3.63, 3.8) is 0 Å². The maximum Gasteiger partial charge on any atom is 0.147 e. The van der Waals surface area contributed by atoms with Crippen LogP contribution in [0.5, 0.6) is 0 Å². The maximum absolute atomic E-state index is 5.41. The third kappa shape index (κ3) is 84.5. The number of nitrogens with zero attached hydrogens (tertiary/aromatic N) is 4. The van der Waals surface area contributed by atoms with Crippen molar-refractivity contribution >= 4 is 0 Å². The summed E-state index contributed by atoms with van der Waals surface area (Å²) in [5.41, 5.74) is 0. The van der Waals surface area contributed by atoms with Crippen LogP contribution in [0.3, 0.4) is 0 Å². The normalized spacial score (nSPS) is 10.9. The average Bonchev–Trinajstić information content (AvgIpc) is 3.32. The van der Waals surface area contributed by atoms with E-state index in [-0.39, 0.29) is 49.6 Å². The van der Waals surface area contributed by atoms with E-state index < -0.39 is 0 Å². The molecule has 0 N–H and O–H groups in total. The van der Waals surface area contributed by atoms with Crippen molar-refractivity contribution < 1.29 is 87.6 Å². The summed E-state index contributed by atoms with van der Waals surface area (Å²) in [5, 5.41) is 0. The summed E-state index contributed by atoms with van der Waals surface area (Å²) in [7, 11) is 16.6. The van der Waals surface area contributed by atoms with Gasteiger partial charge in [-0.2, -0.15) is 0 Å². The number of unbranched alkanes of at least 4 members (excludes halogenated alkanes) is 36.